The van der Waals surface area contributed by atoms with E-state index in [0.29, 0.717) is 25.3 Å². The van der Waals surface area contributed by atoms with Gasteiger partial charge < -0.3 is 24.2 Å². The second-order valence-corrected chi connectivity index (χ2v) is 6.09. The summed E-state index contributed by atoms with van der Waals surface area (Å²) in [5.41, 5.74) is 1.52. The summed E-state index contributed by atoms with van der Waals surface area (Å²) in [6.45, 7) is 2.94. The number of carbonyl (C=O) groups excluding carboxylic acids is 1. The summed E-state index contributed by atoms with van der Waals surface area (Å²) in [6.07, 6.45) is -0.939. The first-order valence-corrected chi connectivity index (χ1v) is 7.84. The number of aromatic nitrogens is 1. The average molecular weight is 331 g/mol. The Labute approximate surface area is 140 Å². The maximum atomic E-state index is 12.9. The molecule has 128 valence electrons. The highest BCUT2D eigenvalue weighted by atomic mass is 16.5. The molecule has 1 fully saturated rings. The van der Waals surface area contributed by atoms with Crippen LogP contribution in [-0.4, -0.2) is 64.3 Å². The zero-order chi connectivity index (χ0) is 17.4. The molecule has 1 saturated heterocycles. The Balaban J connectivity index is 1.89. The van der Waals surface area contributed by atoms with Crippen LogP contribution in [0.5, 0.6) is 5.75 Å². The molecular weight excluding hydrogens is 310 g/mol. The van der Waals surface area contributed by atoms with E-state index >= 15 is 0 Å². The molecule has 0 unspecified atom stereocenters. The minimum atomic E-state index is -0.939. The summed E-state index contributed by atoms with van der Waals surface area (Å²) in [7, 11) is 3.47. The number of fused-ring (bicyclic) bond motifs is 1. The first kappa shape index (κ1) is 16.2. The van der Waals surface area contributed by atoms with Gasteiger partial charge in [0.2, 0.25) is 0 Å². The number of carboxylic acid groups (broad SMARTS) is 1. The first-order valence-electron chi connectivity index (χ1n) is 7.84. The summed E-state index contributed by atoms with van der Waals surface area (Å²) in [5, 5.41) is 10.1. The molecule has 2 amide bonds. The van der Waals surface area contributed by atoms with Crippen LogP contribution in [0, 0.1) is 0 Å². The molecule has 0 aliphatic carbocycles. The topological polar surface area (TPSA) is 75.0 Å². The second-order valence-electron chi connectivity index (χ2n) is 6.09. The van der Waals surface area contributed by atoms with Crippen molar-refractivity contribution in [1.82, 2.24) is 14.4 Å². The van der Waals surface area contributed by atoms with Gasteiger partial charge in [0.15, 0.2) is 0 Å². The van der Waals surface area contributed by atoms with E-state index in [1.807, 2.05) is 42.8 Å². The Morgan fingerprint density at radius 3 is 2.62 bits per heavy atom. The monoisotopic (exact) mass is 331 g/mol. The molecule has 1 N–H and O–H groups in total. The van der Waals surface area contributed by atoms with E-state index < -0.39 is 6.09 Å². The predicted octanol–water partition coefficient (Wildman–Crippen LogP) is 2.01. The molecule has 7 nitrogen and oxygen atoms in total. The van der Waals surface area contributed by atoms with Gasteiger partial charge >= 0.3 is 6.09 Å². The van der Waals surface area contributed by atoms with Gasteiger partial charge in [-0.15, -0.1) is 0 Å². The van der Waals surface area contributed by atoms with E-state index in [1.54, 1.807) is 12.0 Å². The Hall–Kier alpha value is -2.70. The summed E-state index contributed by atoms with van der Waals surface area (Å²) in [6, 6.07) is 7.40. The van der Waals surface area contributed by atoms with Crippen molar-refractivity contribution in [2.75, 3.05) is 26.7 Å². The molecule has 1 aliphatic rings. The van der Waals surface area contributed by atoms with Gasteiger partial charge in [0, 0.05) is 44.2 Å². The third-order valence-corrected chi connectivity index (χ3v) is 4.63. The van der Waals surface area contributed by atoms with Crippen molar-refractivity contribution in [3.8, 4) is 5.75 Å². The maximum Gasteiger partial charge on any atom is 0.407 e. The van der Waals surface area contributed by atoms with E-state index in [4.69, 9.17) is 9.84 Å². The average Bonchev–Trinajstić information content (AvgIpc) is 2.90. The van der Waals surface area contributed by atoms with Gasteiger partial charge in [-0.05, 0) is 25.1 Å². The van der Waals surface area contributed by atoms with Crippen LogP contribution in [-0.2, 0) is 7.05 Å². The molecule has 2 aromatic rings. The van der Waals surface area contributed by atoms with Crippen molar-refractivity contribution in [3.05, 3.63) is 30.0 Å². The van der Waals surface area contributed by atoms with Crippen LogP contribution < -0.4 is 4.74 Å². The van der Waals surface area contributed by atoms with E-state index in [-0.39, 0.29) is 11.9 Å². The number of aryl methyl sites for hydroxylation is 1. The molecule has 1 aromatic carbocycles. The van der Waals surface area contributed by atoms with Crippen LogP contribution in [0.15, 0.2) is 24.3 Å². The van der Waals surface area contributed by atoms with E-state index in [2.05, 4.69) is 0 Å². The molecule has 1 aromatic heterocycles. The highest BCUT2D eigenvalue weighted by Crippen LogP contribution is 2.25. The molecule has 1 atom stereocenters. The van der Waals surface area contributed by atoms with Gasteiger partial charge in [-0.3, -0.25) is 4.79 Å². The fraction of sp³-hybridized carbons (Fsp3) is 0.412. The Bertz CT molecular complexity index is 798. The van der Waals surface area contributed by atoms with Gasteiger partial charge in [-0.1, -0.05) is 0 Å². The van der Waals surface area contributed by atoms with Gasteiger partial charge in [0.05, 0.1) is 12.6 Å². The lowest BCUT2D eigenvalue weighted by Gasteiger charge is -2.38. The van der Waals surface area contributed by atoms with Crippen molar-refractivity contribution in [2.45, 2.75) is 13.0 Å². The van der Waals surface area contributed by atoms with Crippen LogP contribution in [0.3, 0.4) is 0 Å². The first-order chi connectivity index (χ1) is 11.4. The highest BCUT2D eigenvalue weighted by molar-refractivity contribution is 5.99. The second kappa shape index (κ2) is 6.07. The van der Waals surface area contributed by atoms with Crippen molar-refractivity contribution < 1.29 is 19.4 Å². The minimum Gasteiger partial charge on any atom is -0.497 e. The predicted molar refractivity (Wildman–Crippen MR) is 89.6 cm³/mol. The van der Waals surface area contributed by atoms with Crippen molar-refractivity contribution in [1.29, 1.82) is 0 Å². The van der Waals surface area contributed by atoms with E-state index in [9.17, 15) is 9.59 Å². The smallest absolute Gasteiger partial charge is 0.407 e. The molecule has 0 radical (unpaired) electrons. The van der Waals surface area contributed by atoms with Crippen LogP contribution in [0.1, 0.15) is 17.4 Å². The number of hydrogen-bond donors (Lipinski definition) is 1. The number of benzene rings is 1. The van der Waals surface area contributed by atoms with Gasteiger partial charge in [0.25, 0.3) is 5.91 Å². The molecule has 1 aliphatic heterocycles. The molecule has 24 heavy (non-hydrogen) atoms. The lowest BCUT2D eigenvalue weighted by atomic mass is 10.1. The van der Waals surface area contributed by atoms with Crippen LogP contribution in [0.25, 0.3) is 10.9 Å². The minimum absolute atomic E-state index is 0.0785. The number of methoxy groups -OCH3 is 1. The number of piperazine rings is 1. The van der Waals surface area contributed by atoms with Crippen LogP contribution in [0.2, 0.25) is 0 Å². The van der Waals surface area contributed by atoms with Crippen molar-refractivity contribution in [2.24, 2.45) is 7.05 Å². The molecule has 3 rings (SSSR count). The number of amides is 2. The van der Waals surface area contributed by atoms with Crippen molar-refractivity contribution >= 4 is 22.9 Å². The molecule has 2 heterocycles. The van der Waals surface area contributed by atoms with Gasteiger partial charge in [-0.25, -0.2) is 4.79 Å². The quantitative estimate of drug-likeness (QED) is 0.913. The Morgan fingerprint density at radius 1 is 1.25 bits per heavy atom. The zero-order valence-corrected chi connectivity index (χ0v) is 14.0. The molecule has 7 heteroatoms. The summed E-state index contributed by atoms with van der Waals surface area (Å²) in [4.78, 5) is 27.1. The lowest BCUT2D eigenvalue weighted by molar-refractivity contribution is 0.0476. The van der Waals surface area contributed by atoms with Gasteiger partial charge in [0.1, 0.15) is 11.4 Å². The third kappa shape index (κ3) is 2.66. The van der Waals surface area contributed by atoms with Gasteiger partial charge in [-0.2, -0.15) is 0 Å². The molecular formula is C17H21N3O4. The Kier molecular flexibility index (Phi) is 4.09. The number of nitrogens with zero attached hydrogens (tertiary/aromatic N) is 3. The Morgan fingerprint density at radius 2 is 2.00 bits per heavy atom. The zero-order valence-electron chi connectivity index (χ0n) is 14.0. The number of hydrogen-bond acceptors (Lipinski definition) is 3. The standard InChI is InChI=1S/C17H21N3O4/c1-11-10-19(17(22)23)6-7-20(11)16(21)15-8-12-4-5-13(24-3)9-14(12)18(15)2/h4-5,8-9,11H,6-7,10H2,1-3H3,(H,22,23)/t11-/m0/s1. The fourth-order valence-electron chi connectivity index (χ4n) is 3.22. The third-order valence-electron chi connectivity index (χ3n) is 4.63. The number of ether oxygens (including phenoxy) is 1. The fourth-order valence-corrected chi connectivity index (χ4v) is 3.22. The lowest BCUT2D eigenvalue weighted by Crippen LogP contribution is -2.55. The SMILES string of the molecule is COc1ccc2cc(C(=O)N3CCN(C(=O)O)C[C@@H]3C)n(C)c2c1. The van der Waals surface area contributed by atoms with Crippen LogP contribution >= 0.6 is 0 Å². The maximum absolute atomic E-state index is 12.9. The summed E-state index contributed by atoms with van der Waals surface area (Å²) < 4.78 is 7.10. The molecule has 0 saturated carbocycles. The van der Waals surface area contributed by atoms with Crippen molar-refractivity contribution in [3.63, 3.8) is 0 Å². The normalized spacial score (nSPS) is 18.0. The van der Waals surface area contributed by atoms with E-state index in [1.165, 1.54) is 4.90 Å². The number of carbonyl (C=O) groups is 2. The summed E-state index contributed by atoms with van der Waals surface area (Å²) >= 11 is 0. The van der Waals surface area contributed by atoms with E-state index in [0.717, 1.165) is 16.7 Å². The summed E-state index contributed by atoms with van der Waals surface area (Å²) in [5.74, 6) is 0.663. The largest absolute Gasteiger partial charge is 0.497 e. The van der Waals surface area contributed by atoms with Crippen LogP contribution in [0.4, 0.5) is 4.79 Å². The molecule has 0 spiro atoms. The highest BCUT2D eigenvalue weighted by Gasteiger charge is 2.31. The molecule has 0 bridgehead atoms. The number of rotatable bonds is 2.